The summed E-state index contributed by atoms with van der Waals surface area (Å²) in [7, 11) is 2.04. The smallest absolute Gasteiger partial charge is 0.125 e. The van der Waals surface area contributed by atoms with Crippen LogP contribution in [-0.2, 0) is 0 Å². The third-order valence-corrected chi connectivity index (χ3v) is 3.94. The van der Waals surface area contributed by atoms with E-state index in [-0.39, 0.29) is 0 Å². The lowest BCUT2D eigenvalue weighted by Gasteiger charge is -2.41. The highest BCUT2D eigenvalue weighted by Crippen LogP contribution is 2.34. The van der Waals surface area contributed by atoms with Crippen LogP contribution < -0.4 is 5.32 Å². The number of hydrogen-bond acceptors (Lipinski definition) is 4. The minimum Gasteiger partial charge on any atom is -0.319 e. The monoisotopic (exact) mass is 262 g/mol. The van der Waals surface area contributed by atoms with Gasteiger partial charge in [-0.15, -0.1) is 0 Å². The van der Waals surface area contributed by atoms with Gasteiger partial charge in [-0.3, -0.25) is 4.90 Å². The third kappa shape index (κ3) is 3.51. The van der Waals surface area contributed by atoms with Gasteiger partial charge in [-0.1, -0.05) is 6.92 Å². The summed E-state index contributed by atoms with van der Waals surface area (Å²) in [5, 5.41) is 3.34. The molecule has 0 radical (unpaired) electrons. The first-order chi connectivity index (χ1) is 9.26. The molecule has 1 N–H and O–H groups in total. The second-order valence-electron chi connectivity index (χ2n) is 5.47. The van der Waals surface area contributed by atoms with Crippen LogP contribution in [0, 0.1) is 12.8 Å². The Bertz CT molecular complexity index is 375. The molecule has 0 aliphatic carbocycles. The molecule has 4 heteroatoms. The molecule has 2 heterocycles. The number of hydrogen-bond donors (Lipinski definition) is 1. The largest absolute Gasteiger partial charge is 0.319 e. The van der Waals surface area contributed by atoms with E-state index in [1.165, 1.54) is 31.5 Å². The molecule has 0 aromatic carbocycles. The number of aryl methyl sites for hydroxylation is 1. The van der Waals surface area contributed by atoms with Gasteiger partial charge in [-0.25, -0.2) is 9.97 Å². The highest BCUT2D eigenvalue weighted by Gasteiger charge is 2.32. The van der Waals surface area contributed by atoms with Crippen molar-refractivity contribution >= 4 is 0 Å². The molecule has 0 saturated carbocycles. The average Bonchev–Trinajstić information content (AvgIpc) is 2.40. The maximum Gasteiger partial charge on any atom is 0.125 e. The van der Waals surface area contributed by atoms with Gasteiger partial charge < -0.3 is 5.32 Å². The summed E-state index contributed by atoms with van der Waals surface area (Å²) in [6, 6.07) is 2.54. The Labute approximate surface area is 116 Å². The van der Waals surface area contributed by atoms with Crippen LogP contribution in [0.1, 0.15) is 43.7 Å². The van der Waals surface area contributed by atoms with Crippen LogP contribution in [0.2, 0.25) is 0 Å². The summed E-state index contributed by atoms with van der Waals surface area (Å²) < 4.78 is 0. The molecule has 1 aliphatic rings. The van der Waals surface area contributed by atoms with E-state index >= 15 is 0 Å². The lowest BCUT2D eigenvalue weighted by Crippen LogP contribution is -2.42. The van der Waals surface area contributed by atoms with Crippen molar-refractivity contribution in [2.45, 2.75) is 39.2 Å². The zero-order valence-corrected chi connectivity index (χ0v) is 12.4. The normalized spacial score (nSPS) is 24.6. The molecule has 106 valence electrons. The van der Waals surface area contributed by atoms with Crippen LogP contribution in [0.3, 0.4) is 0 Å². The zero-order valence-electron chi connectivity index (χ0n) is 12.4. The predicted molar refractivity (Wildman–Crippen MR) is 78.0 cm³/mol. The molecule has 1 saturated heterocycles. The lowest BCUT2D eigenvalue weighted by atomic mass is 9.86. The Hall–Kier alpha value is -1.00. The topological polar surface area (TPSA) is 41.0 Å². The van der Waals surface area contributed by atoms with Crippen LogP contribution in [0.4, 0.5) is 0 Å². The number of nitrogens with zero attached hydrogens (tertiary/aromatic N) is 3. The van der Waals surface area contributed by atoms with Crippen molar-refractivity contribution in [3.63, 3.8) is 0 Å². The minimum absolute atomic E-state index is 0.447. The summed E-state index contributed by atoms with van der Waals surface area (Å²) >= 11 is 0. The molecule has 1 aromatic heterocycles. The van der Waals surface area contributed by atoms with E-state index in [1.54, 1.807) is 0 Å². The van der Waals surface area contributed by atoms with Crippen molar-refractivity contribution in [2.24, 2.45) is 5.92 Å². The zero-order chi connectivity index (χ0) is 13.7. The molecule has 0 spiro atoms. The first-order valence-corrected chi connectivity index (χ1v) is 7.44. The Morgan fingerprint density at radius 2 is 2.32 bits per heavy atom. The second-order valence-corrected chi connectivity index (χ2v) is 5.47. The molecular weight excluding hydrogens is 236 g/mol. The highest BCUT2D eigenvalue weighted by atomic mass is 15.2. The maximum absolute atomic E-state index is 4.68. The Morgan fingerprint density at radius 1 is 1.47 bits per heavy atom. The molecule has 1 fully saturated rings. The molecule has 4 nitrogen and oxygen atoms in total. The standard InChI is InChI=1S/C15H26N4/c1-4-9-19-10-5-6-13(11-16-3)15(19)14-7-8-17-12(2)18-14/h7-8,13,15-16H,4-6,9-11H2,1-3H3. The number of rotatable bonds is 5. The van der Waals surface area contributed by atoms with Crippen LogP contribution >= 0.6 is 0 Å². The SMILES string of the molecule is CCCN1CCCC(CNC)C1c1ccnc(C)n1. The highest BCUT2D eigenvalue weighted by molar-refractivity contribution is 5.10. The average molecular weight is 262 g/mol. The molecule has 1 aliphatic heterocycles. The van der Waals surface area contributed by atoms with Crippen molar-refractivity contribution in [2.75, 3.05) is 26.7 Å². The minimum atomic E-state index is 0.447. The maximum atomic E-state index is 4.68. The summed E-state index contributed by atoms with van der Waals surface area (Å²) in [4.78, 5) is 11.5. The number of piperidine rings is 1. The summed E-state index contributed by atoms with van der Waals surface area (Å²) in [6.45, 7) is 7.65. The molecule has 2 rings (SSSR count). The van der Waals surface area contributed by atoms with E-state index in [1.807, 2.05) is 20.2 Å². The van der Waals surface area contributed by atoms with Crippen molar-refractivity contribution < 1.29 is 0 Å². The van der Waals surface area contributed by atoms with Crippen LogP contribution in [0.25, 0.3) is 0 Å². The Kier molecular flexibility index (Phi) is 5.28. The first-order valence-electron chi connectivity index (χ1n) is 7.44. The first kappa shape index (κ1) is 14.4. The van der Waals surface area contributed by atoms with Crippen molar-refractivity contribution in [1.82, 2.24) is 20.2 Å². The second kappa shape index (κ2) is 6.96. The molecule has 0 bridgehead atoms. The van der Waals surface area contributed by atoms with Crippen molar-refractivity contribution in [3.05, 3.63) is 23.8 Å². The number of nitrogens with one attached hydrogen (secondary N) is 1. The van der Waals surface area contributed by atoms with E-state index in [4.69, 9.17) is 0 Å². The van der Waals surface area contributed by atoms with Gasteiger partial charge in [0.15, 0.2) is 0 Å². The van der Waals surface area contributed by atoms with Gasteiger partial charge in [0.05, 0.1) is 11.7 Å². The fraction of sp³-hybridized carbons (Fsp3) is 0.733. The molecule has 19 heavy (non-hydrogen) atoms. The third-order valence-electron chi connectivity index (χ3n) is 3.94. The molecule has 2 unspecified atom stereocenters. The van der Waals surface area contributed by atoms with Crippen LogP contribution in [0.15, 0.2) is 12.3 Å². The van der Waals surface area contributed by atoms with Crippen molar-refractivity contribution in [3.8, 4) is 0 Å². The quantitative estimate of drug-likeness (QED) is 0.883. The summed E-state index contributed by atoms with van der Waals surface area (Å²) in [5.74, 6) is 1.53. The fourth-order valence-electron chi connectivity index (χ4n) is 3.23. The predicted octanol–water partition coefficient (Wildman–Crippen LogP) is 2.17. The van der Waals surface area contributed by atoms with Gasteiger partial charge in [-0.2, -0.15) is 0 Å². The van der Waals surface area contributed by atoms with E-state index < -0.39 is 0 Å². The Morgan fingerprint density at radius 3 is 3.00 bits per heavy atom. The van der Waals surface area contributed by atoms with E-state index in [0.717, 1.165) is 18.9 Å². The number of likely N-dealkylation sites (tertiary alicyclic amines) is 1. The molecule has 2 atom stereocenters. The van der Waals surface area contributed by atoms with Crippen molar-refractivity contribution in [1.29, 1.82) is 0 Å². The van der Waals surface area contributed by atoms with Gasteiger partial charge in [0.25, 0.3) is 0 Å². The fourth-order valence-corrected chi connectivity index (χ4v) is 3.23. The lowest BCUT2D eigenvalue weighted by molar-refractivity contribution is 0.0892. The van der Waals surface area contributed by atoms with Gasteiger partial charge >= 0.3 is 0 Å². The van der Waals surface area contributed by atoms with Gasteiger partial charge in [-0.05, 0) is 64.9 Å². The van der Waals surface area contributed by atoms with E-state index in [9.17, 15) is 0 Å². The van der Waals surface area contributed by atoms with Gasteiger partial charge in [0, 0.05) is 6.20 Å². The molecular formula is C15H26N4. The van der Waals surface area contributed by atoms with Crippen LogP contribution in [-0.4, -0.2) is 41.5 Å². The van der Waals surface area contributed by atoms with E-state index in [0.29, 0.717) is 12.0 Å². The Balaban J connectivity index is 2.26. The van der Waals surface area contributed by atoms with Gasteiger partial charge in [0.1, 0.15) is 5.82 Å². The molecule has 1 aromatic rings. The number of aromatic nitrogens is 2. The van der Waals surface area contributed by atoms with E-state index in [2.05, 4.69) is 33.2 Å². The molecule has 0 amide bonds. The summed E-state index contributed by atoms with van der Waals surface area (Å²) in [5.41, 5.74) is 1.20. The van der Waals surface area contributed by atoms with Crippen LogP contribution in [0.5, 0.6) is 0 Å². The summed E-state index contributed by atoms with van der Waals surface area (Å²) in [6.07, 6.45) is 5.68. The van der Waals surface area contributed by atoms with Gasteiger partial charge in [0.2, 0.25) is 0 Å².